The molecule has 26 heavy (non-hydrogen) atoms. The molecule has 1 aromatic carbocycles. The maximum atomic E-state index is 13.1. The number of benzene rings is 1. The van der Waals surface area contributed by atoms with E-state index in [1.807, 2.05) is 0 Å². The van der Waals surface area contributed by atoms with Crippen LogP contribution in [0.4, 0.5) is 26.3 Å². The molecule has 1 aliphatic rings. The Balaban J connectivity index is 2.15. The monoisotopic (exact) mass is 405 g/mol. The van der Waals surface area contributed by atoms with Gasteiger partial charge in [-0.05, 0) is 42.6 Å². The van der Waals surface area contributed by atoms with Crippen LogP contribution in [0.25, 0.3) is 0 Å². The van der Waals surface area contributed by atoms with Gasteiger partial charge < -0.3 is 0 Å². The molecule has 0 aliphatic carbocycles. The molecule has 2 rings (SSSR count). The lowest BCUT2D eigenvalue weighted by atomic mass is 10.0. The Morgan fingerprint density at radius 2 is 1.81 bits per heavy atom. The van der Waals surface area contributed by atoms with Gasteiger partial charge in [0.25, 0.3) is 10.1 Å². The number of nitrogens with zero attached hydrogens (tertiary/aromatic N) is 1. The second kappa shape index (κ2) is 7.35. The number of hydrogen-bond acceptors (Lipinski definition) is 4. The molecule has 1 aliphatic heterocycles. The smallest absolute Gasteiger partial charge is 0.299 e. The Kier molecular flexibility index (Phi) is 5.93. The van der Waals surface area contributed by atoms with E-state index in [2.05, 4.69) is 4.18 Å². The maximum Gasteiger partial charge on any atom is 0.416 e. The molecule has 148 valence electrons. The van der Waals surface area contributed by atoms with Crippen molar-refractivity contribution < 1.29 is 38.9 Å². The fourth-order valence-corrected chi connectivity index (χ4v) is 3.27. The van der Waals surface area contributed by atoms with Crippen LogP contribution >= 0.6 is 0 Å². The third-order valence-corrected chi connectivity index (χ3v) is 4.58. The summed E-state index contributed by atoms with van der Waals surface area (Å²) in [5.41, 5.74) is -2.71. The Labute approximate surface area is 146 Å². The van der Waals surface area contributed by atoms with E-state index in [1.54, 1.807) is 4.90 Å². The van der Waals surface area contributed by atoms with Gasteiger partial charge in [-0.15, -0.1) is 0 Å². The van der Waals surface area contributed by atoms with E-state index in [4.69, 9.17) is 0 Å². The summed E-state index contributed by atoms with van der Waals surface area (Å²) in [5.74, 6) is -0.218. The molecule has 0 saturated carbocycles. The topological polar surface area (TPSA) is 46.6 Å². The molecule has 0 bridgehead atoms. The van der Waals surface area contributed by atoms with Crippen LogP contribution in [0.15, 0.2) is 18.2 Å². The third-order valence-electron chi connectivity index (χ3n) is 4.02. The minimum Gasteiger partial charge on any atom is -0.299 e. The SMILES string of the molecule is CS(=O)(=O)OC[C@H]1CCN(Cc2cc(C(F)(F)F)ccc2C(F)(F)F)C1. The fraction of sp³-hybridized carbons (Fsp3) is 0.600. The summed E-state index contributed by atoms with van der Waals surface area (Å²) < 4.78 is 104. The predicted octanol–water partition coefficient (Wildman–Crippen LogP) is 3.52. The number of alkyl halides is 6. The summed E-state index contributed by atoms with van der Waals surface area (Å²) >= 11 is 0. The summed E-state index contributed by atoms with van der Waals surface area (Å²) in [6, 6.07) is 1.38. The van der Waals surface area contributed by atoms with Gasteiger partial charge in [0.05, 0.1) is 24.0 Å². The van der Waals surface area contributed by atoms with Crippen molar-refractivity contribution in [2.45, 2.75) is 25.3 Å². The number of likely N-dealkylation sites (tertiary alicyclic amines) is 1. The van der Waals surface area contributed by atoms with Gasteiger partial charge >= 0.3 is 12.4 Å². The zero-order chi connectivity index (χ0) is 19.8. The standard InChI is InChI=1S/C15H17F6NO3S/c1-26(23,24)25-9-10-4-5-22(7-10)8-11-6-12(14(16,17)18)2-3-13(11)15(19,20)21/h2-3,6,10H,4-5,7-9H2,1H3/t10-/m0/s1. The molecule has 0 radical (unpaired) electrons. The molecule has 0 amide bonds. The molecule has 0 unspecified atom stereocenters. The van der Waals surface area contributed by atoms with Gasteiger partial charge in [-0.3, -0.25) is 9.08 Å². The Bertz CT molecular complexity index is 745. The van der Waals surface area contributed by atoms with Crippen molar-refractivity contribution in [3.05, 3.63) is 34.9 Å². The van der Waals surface area contributed by atoms with Crippen LogP contribution in [0.3, 0.4) is 0 Å². The average molecular weight is 405 g/mol. The van der Waals surface area contributed by atoms with Gasteiger partial charge in [0.2, 0.25) is 0 Å². The highest BCUT2D eigenvalue weighted by Gasteiger charge is 2.37. The van der Waals surface area contributed by atoms with Crippen molar-refractivity contribution in [2.24, 2.45) is 5.92 Å². The van der Waals surface area contributed by atoms with Crippen molar-refractivity contribution in [2.75, 3.05) is 26.0 Å². The molecular formula is C15H17F6NO3S. The van der Waals surface area contributed by atoms with E-state index < -0.39 is 39.2 Å². The predicted molar refractivity (Wildman–Crippen MR) is 80.6 cm³/mol. The van der Waals surface area contributed by atoms with Crippen molar-refractivity contribution in [1.29, 1.82) is 0 Å². The van der Waals surface area contributed by atoms with Crippen molar-refractivity contribution in [1.82, 2.24) is 4.90 Å². The normalized spacial score (nSPS) is 19.9. The first-order chi connectivity index (χ1) is 11.8. The van der Waals surface area contributed by atoms with E-state index in [0.29, 0.717) is 31.2 Å². The van der Waals surface area contributed by atoms with Gasteiger partial charge in [0.15, 0.2) is 0 Å². The van der Waals surface area contributed by atoms with Gasteiger partial charge in [0.1, 0.15) is 0 Å². The summed E-state index contributed by atoms with van der Waals surface area (Å²) in [4.78, 5) is 1.56. The Morgan fingerprint density at radius 1 is 1.15 bits per heavy atom. The number of rotatable bonds is 5. The van der Waals surface area contributed by atoms with Crippen LogP contribution in [0.1, 0.15) is 23.1 Å². The second-order valence-electron chi connectivity index (χ2n) is 6.25. The van der Waals surface area contributed by atoms with Gasteiger partial charge in [0, 0.05) is 13.1 Å². The van der Waals surface area contributed by atoms with Gasteiger partial charge in [-0.1, -0.05) is 0 Å². The average Bonchev–Trinajstić information content (AvgIpc) is 2.90. The van der Waals surface area contributed by atoms with Crippen LogP contribution < -0.4 is 0 Å². The lowest BCUT2D eigenvalue weighted by Crippen LogP contribution is -2.24. The van der Waals surface area contributed by atoms with E-state index in [0.717, 1.165) is 6.26 Å². The third kappa shape index (κ3) is 5.85. The van der Waals surface area contributed by atoms with E-state index >= 15 is 0 Å². The van der Waals surface area contributed by atoms with E-state index in [-0.39, 0.29) is 25.6 Å². The lowest BCUT2D eigenvalue weighted by Gasteiger charge is -2.21. The van der Waals surface area contributed by atoms with Gasteiger partial charge in [-0.2, -0.15) is 34.8 Å². The number of halogens is 6. The second-order valence-corrected chi connectivity index (χ2v) is 7.89. The lowest BCUT2D eigenvalue weighted by molar-refractivity contribution is -0.142. The molecule has 1 fully saturated rings. The highest BCUT2D eigenvalue weighted by Crippen LogP contribution is 2.37. The quantitative estimate of drug-likeness (QED) is 0.556. The molecule has 1 aromatic rings. The molecule has 1 atom stereocenters. The van der Waals surface area contributed by atoms with Crippen LogP contribution in [-0.2, 0) is 33.2 Å². The fourth-order valence-electron chi connectivity index (χ4n) is 2.83. The molecule has 1 saturated heterocycles. The van der Waals surface area contributed by atoms with Gasteiger partial charge in [-0.25, -0.2) is 0 Å². The molecule has 1 heterocycles. The molecule has 0 N–H and O–H groups in total. The maximum absolute atomic E-state index is 13.1. The summed E-state index contributed by atoms with van der Waals surface area (Å²) in [6.45, 7) is 0.159. The first-order valence-electron chi connectivity index (χ1n) is 7.60. The zero-order valence-electron chi connectivity index (χ0n) is 13.7. The van der Waals surface area contributed by atoms with E-state index in [1.165, 1.54) is 0 Å². The zero-order valence-corrected chi connectivity index (χ0v) is 14.5. The molecule has 0 aromatic heterocycles. The van der Waals surface area contributed by atoms with Crippen LogP contribution in [0.5, 0.6) is 0 Å². The highest BCUT2D eigenvalue weighted by molar-refractivity contribution is 7.85. The Morgan fingerprint density at radius 3 is 2.35 bits per heavy atom. The highest BCUT2D eigenvalue weighted by atomic mass is 32.2. The van der Waals surface area contributed by atoms with E-state index in [9.17, 15) is 34.8 Å². The first kappa shape index (κ1) is 21.0. The van der Waals surface area contributed by atoms with Crippen molar-refractivity contribution in [3.63, 3.8) is 0 Å². The number of hydrogen-bond donors (Lipinski definition) is 0. The molecule has 4 nitrogen and oxygen atoms in total. The molecular weight excluding hydrogens is 388 g/mol. The largest absolute Gasteiger partial charge is 0.416 e. The summed E-state index contributed by atoms with van der Waals surface area (Å²) in [7, 11) is -3.63. The molecule has 11 heteroatoms. The van der Waals surface area contributed by atoms with Crippen LogP contribution in [0.2, 0.25) is 0 Å². The molecule has 0 spiro atoms. The minimum absolute atomic E-state index is 0.107. The minimum atomic E-state index is -4.77. The summed E-state index contributed by atoms with van der Waals surface area (Å²) in [6.07, 6.45) is -8.14. The van der Waals surface area contributed by atoms with Crippen molar-refractivity contribution >= 4 is 10.1 Å². The Hall–Kier alpha value is -1.33. The van der Waals surface area contributed by atoms with Crippen molar-refractivity contribution in [3.8, 4) is 0 Å². The van der Waals surface area contributed by atoms with Crippen LogP contribution in [-0.4, -0.2) is 39.3 Å². The van der Waals surface area contributed by atoms with Crippen LogP contribution in [0, 0.1) is 5.92 Å². The first-order valence-corrected chi connectivity index (χ1v) is 9.41. The summed E-state index contributed by atoms with van der Waals surface area (Å²) in [5, 5.41) is 0.